The summed E-state index contributed by atoms with van der Waals surface area (Å²) in [6.45, 7) is 0. The fraction of sp³-hybridized carbons (Fsp3) is 0.750. The highest BCUT2D eigenvalue weighted by Gasteiger charge is 2.47. The second kappa shape index (κ2) is 4.76. The normalized spacial score (nSPS) is 23.2. The van der Waals surface area contributed by atoms with Crippen LogP contribution in [0.3, 0.4) is 0 Å². The maximum atomic E-state index is 12.4. The lowest BCUT2D eigenvalue weighted by atomic mass is 9.77. The minimum atomic E-state index is -3.21. The van der Waals surface area contributed by atoms with E-state index in [0.717, 1.165) is 11.7 Å². The minimum absolute atomic E-state index is 0. The first-order valence-corrected chi connectivity index (χ1v) is 6.17. The van der Waals surface area contributed by atoms with E-state index in [1.807, 2.05) is 0 Å². The summed E-state index contributed by atoms with van der Waals surface area (Å²) < 4.78 is 46.3. The van der Waals surface area contributed by atoms with Gasteiger partial charge in [0.15, 0.2) is 9.84 Å². The highest BCUT2D eigenvalue weighted by Crippen LogP contribution is 2.43. The summed E-state index contributed by atoms with van der Waals surface area (Å²) >= 11 is 0. The lowest BCUT2D eigenvalue weighted by Crippen LogP contribution is -2.44. The molecule has 7 heteroatoms. The van der Waals surface area contributed by atoms with Crippen molar-refractivity contribution in [3.05, 3.63) is 11.5 Å². The van der Waals surface area contributed by atoms with Crippen LogP contribution in [0.1, 0.15) is 12.8 Å². The third kappa shape index (κ3) is 4.90. The molecule has 2 N–H and O–H groups in total. The predicted molar refractivity (Wildman–Crippen MR) is 56.9 cm³/mol. The molecule has 1 saturated carbocycles. The molecule has 1 aliphatic rings. The Labute approximate surface area is 94.0 Å². The van der Waals surface area contributed by atoms with Gasteiger partial charge in [-0.1, -0.05) is 6.08 Å². The smallest absolute Gasteiger partial charge is 0.248 e. The molecule has 1 atom stereocenters. The summed E-state index contributed by atoms with van der Waals surface area (Å²) in [7, 11) is -3.21. The molecule has 0 amide bonds. The Balaban J connectivity index is 0.00000196. The van der Waals surface area contributed by atoms with Crippen LogP contribution in [0.4, 0.5) is 8.78 Å². The molecule has 90 valence electrons. The first kappa shape index (κ1) is 14.8. The van der Waals surface area contributed by atoms with Gasteiger partial charge < -0.3 is 5.73 Å². The maximum Gasteiger partial charge on any atom is 0.248 e. The molecule has 0 aromatic carbocycles. The van der Waals surface area contributed by atoms with Crippen molar-refractivity contribution in [2.24, 2.45) is 11.7 Å². The molecule has 3 nitrogen and oxygen atoms in total. The molecule has 1 aliphatic carbocycles. The maximum absolute atomic E-state index is 12.4. The lowest BCUT2D eigenvalue weighted by molar-refractivity contribution is -0.112. The number of hydrogen-bond donors (Lipinski definition) is 1. The summed E-state index contributed by atoms with van der Waals surface area (Å²) in [4.78, 5) is 0. The Morgan fingerprint density at radius 2 is 1.93 bits per heavy atom. The van der Waals surface area contributed by atoms with Crippen molar-refractivity contribution in [2.75, 3.05) is 6.26 Å². The van der Waals surface area contributed by atoms with Crippen molar-refractivity contribution in [3.63, 3.8) is 0 Å². The minimum Gasteiger partial charge on any atom is -0.324 e. The zero-order chi connectivity index (χ0) is 11.0. The van der Waals surface area contributed by atoms with Crippen molar-refractivity contribution < 1.29 is 17.2 Å². The van der Waals surface area contributed by atoms with Crippen LogP contribution in [0.25, 0.3) is 0 Å². The Kier molecular flexibility index (Phi) is 4.69. The first-order valence-electron chi connectivity index (χ1n) is 4.21. The van der Waals surface area contributed by atoms with Crippen molar-refractivity contribution in [3.8, 4) is 0 Å². The second-order valence-corrected chi connectivity index (χ2v) is 5.69. The van der Waals surface area contributed by atoms with E-state index in [-0.39, 0.29) is 31.2 Å². The highest BCUT2D eigenvalue weighted by molar-refractivity contribution is 7.93. The average molecular weight is 262 g/mol. The highest BCUT2D eigenvalue weighted by atomic mass is 35.5. The molecule has 1 unspecified atom stereocenters. The molecule has 0 aromatic rings. The Bertz CT molecular complexity index is 335. The van der Waals surface area contributed by atoms with Crippen molar-refractivity contribution in [1.82, 2.24) is 0 Å². The average Bonchev–Trinajstić information content (AvgIpc) is 1.94. The van der Waals surface area contributed by atoms with Gasteiger partial charge in [0, 0.05) is 30.5 Å². The molecule has 0 bridgehead atoms. The van der Waals surface area contributed by atoms with Gasteiger partial charge in [-0.05, 0) is 5.92 Å². The van der Waals surface area contributed by atoms with E-state index in [1.54, 1.807) is 0 Å². The van der Waals surface area contributed by atoms with Crippen LogP contribution in [-0.2, 0) is 9.84 Å². The van der Waals surface area contributed by atoms with E-state index >= 15 is 0 Å². The fourth-order valence-corrected chi connectivity index (χ4v) is 1.84. The summed E-state index contributed by atoms with van der Waals surface area (Å²) in [5, 5.41) is 0.966. The van der Waals surface area contributed by atoms with Crippen LogP contribution in [-0.4, -0.2) is 26.6 Å². The van der Waals surface area contributed by atoms with Gasteiger partial charge in [0.05, 0.1) is 0 Å². The van der Waals surface area contributed by atoms with E-state index in [0.29, 0.717) is 0 Å². The molecule has 15 heavy (non-hydrogen) atoms. The summed E-state index contributed by atoms with van der Waals surface area (Å²) in [5.41, 5.74) is 5.52. The topological polar surface area (TPSA) is 60.2 Å². The molecule has 1 fully saturated rings. The van der Waals surface area contributed by atoms with Crippen LogP contribution >= 0.6 is 12.4 Å². The van der Waals surface area contributed by atoms with Crippen molar-refractivity contribution in [1.29, 1.82) is 0 Å². The molecule has 0 spiro atoms. The Morgan fingerprint density at radius 1 is 1.47 bits per heavy atom. The van der Waals surface area contributed by atoms with Gasteiger partial charge in [-0.2, -0.15) is 0 Å². The molecular weight excluding hydrogens is 248 g/mol. The van der Waals surface area contributed by atoms with Gasteiger partial charge in [-0.25, -0.2) is 17.2 Å². The van der Waals surface area contributed by atoms with E-state index in [9.17, 15) is 17.2 Å². The van der Waals surface area contributed by atoms with Crippen LogP contribution in [0.2, 0.25) is 0 Å². The van der Waals surface area contributed by atoms with Gasteiger partial charge in [0.2, 0.25) is 5.92 Å². The largest absolute Gasteiger partial charge is 0.324 e. The van der Waals surface area contributed by atoms with Gasteiger partial charge in [-0.15, -0.1) is 12.4 Å². The number of sulfone groups is 1. The third-order valence-corrected chi connectivity index (χ3v) is 2.87. The summed E-state index contributed by atoms with van der Waals surface area (Å²) in [6, 6.07) is -0.593. The Hall–Kier alpha value is -0.200. The van der Waals surface area contributed by atoms with Crippen LogP contribution in [0.5, 0.6) is 0 Å². The number of halogens is 3. The number of hydrogen-bond acceptors (Lipinski definition) is 3. The van der Waals surface area contributed by atoms with Gasteiger partial charge in [0.1, 0.15) is 0 Å². The van der Waals surface area contributed by atoms with Crippen molar-refractivity contribution in [2.45, 2.75) is 24.8 Å². The van der Waals surface area contributed by atoms with Crippen LogP contribution < -0.4 is 5.73 Å². The predicted octanol–water partition coefficient (Wildman–Crippen LogP) is 1.34. The molecule has 0 radical (unpaired) electrons. The van der Waals surface area contributed by atoms with E-state index in [2.05, 4.69) is 0 Å². The molecule has 1 rings (SSSR count). The van der Waals surface area contributed by atoms with Crippen molar-refractivity contribution >= 4 is 22.2 Å². The zero-order valence-electron chi connectivity index (χ0n) is 8.19. The number of alkyl halides is 2. The molecule has 0 heterocycles. The van der Waals surface area contributed by atoms with Gasteiger partial charge >= 0.3 is 0 Å². The quantitative estimate of drug-likeness (QED) is 0.834. The summed E-state index contributed by atoms with van der Waals surface area (Å²) in [5.74, 6) is -2.91. The Morgan fingerprint density at radius 3 is 2.27 bits per heavy atom. The van der Waals surface area contributed by atoms with E-state index in [1.165, 1.54) is 6.08 Å². The SMILES string of the molecule is CS(=O)(=O)C=CC(N)C1CC(F)(F)C1.Cl. The fourth-order valence-electron chi connectivity index (χ4n) is 1.37. The van der Waals surface area contributed by atoms with E-state index in [4.69, 9.17) is 5.73 Å². The lowest BCUT2D eigenvalue weighted by Gasteiger charge is -2.37. The second-order valence-electron chi connectivity index (χ2n) is 3.76. The molecule has 0 saturated heterocycles. The molecule has 0 aromatic heterocycles. The van der Waals surface area contributed by atoms with Gasteiger partial charge in [-0.3, -0.25) is 0 Å². The summed E-state index contributed by atoms with van der Waals surface area (Å²) in [6.07, 6.45) is 1.81. The van der Waals surface area contributed by atoms with Crippen LogP contribution in [0.15, 0.2) is 11.5 Å². The van der Waals surface area contributed by atoms with E-state index < -0.39 is 21.8 Å². The standard InChI is InChI=1S/C8H13F2NO2S.ClH/c1-14(12,13)3-2-7(11)6-4-8(9,10)5-6;/h2-3,6-7H,4-5,11H2,1H3;1H. The molecular formula is C8H14ClF2NO2S. The zero-order valence-corrected chi connectivity index (χ0v) is 9.82. The molecule has 0 aliphatic heterocycles. The third-order valence-electron chi connectivity index (χ3n) is 2.21. The number of nitrogens with two attached hydrogens (primary N) is 1. The van der Waals surface area contributed by atoms with Crippen LogP contribution in [0, 0.1) is 5.92 Å². The monoisotopic (exact) mass is 261 g/mol. The first-order chi connectivity index (χ1) is 6.20. The number of rotatable bonds is 3. The van der Waals surface area contributed by atoms with Gasteiger partial charge in [0.25, 0.3) is 0 Å².